The molecule has 160 valence electrons. The molecule has 1 amide bonds. The lowest BCUT2D eigenvalue weighted by Gasteiger charge is -2.19. The molecule has 3 aromatic rings. The van der Waals surface area contributed by atoms with E-state index in [1.165, 1.54) is 23.9 Å². The Hall–Kier alpha value is -3.46. The summed E-state index contributed by atoms with van der Waals surface area (Å²) in [7, 11) is 1.26. The SMILES string of the molecule is COC(=O)CC(NC(=O)c1cnc2c(c1)c(=O)[nH]c(=O)n2C1CC1)c1ccccc1Cl. The second-order valence-electron chi connectivity index (χ2n) is 7.28. The minimum absolute atomic E-state index is 0.00341. The first-order valence-corrected chi connectivity index (χ1v) is 10.0. The molecule has 31 heavy (non-hydrogen) atoms. The van der Waals surface area contributed by atoms with Gasteiger partial charge in [-0.05, 0) is 30.5 Å². The number of fused-ring (bicyclic) bond motifs is 1. The number of benzene rings is 1. The van der Waals surface area contributed by atoms with Gasteiger partial charge in [0, 0.05) is 17.3 Å². The van der Waals surface area contributed by atoms with Gasteiger partial charge in [0.2, 0.25) is 0 Å². The number of hydrogen-bond acceptors (Lipinski definition) is 6. The summed E-state index contributed by atoms with van der Waals surface area (Å²) in [6.07, 6.45) is 2.84. The highest BCUT2D eigenvalue weighted by atomic mass is 35.5. The van der Waals surface area contributed by atoms with Crippen LogP contribution in [0, 0.1) is 0 Å². The molecule has 1 unspecified atom stereocenters. The quantitative estimate of drug-likeness (QED) is 0.563. The smallest absolute Gasteiger partial charge is 0.330 e. The number of carbonyl (C=O) groups excluding carboxylic acids is 2. The Morgan fingerprint density at radius 2 is 2.06 bits per heavy atom. The maximum atomic E-state index is 12.9. The van der Waals surface area contributed by atoms with Crippen molar-refractivity contribution in [3.8, 4) is 0 Å². The number of aromatic amines is 1. The van der Waals surface area contributed by atoms with Crippen molar-refractivity contribution in [3.05, 3.63) is 73.5 Å². The second kappa shape index (κ2) is 8.35. The molecule has 1 aliphatic carbocycles. The molecule has 1 fully saturated rings. The fourth-order valence-electron chi connectivity index (χ4n) is 3.42. The lowest BCUT2D eigenvalue weighted by Crippen LogP contribution is -2.32. The highest BCUT2D eigenvalue weighted by Gasteiger charge is 2.28. The molecule has 0 spiro atoms. The second-order valence-corrected chi connectivity index (χ2v) is 7.69. The Kier molecular flexibility index (Phi) is 5.60. The van der Waals surface area contributed by atoms with Crippen molar-refractivity contribution < 1.29 is 14.3 Å². The number of H-pyrrole nitrogens is 1. The van der Waals surface area contributed by atoms with E-state index >= 15 is 0 Å². The molecule has 2 N–H and O–H groups in total. The highest BCUT2D eigenvalue weighted by molar-refractivity contribution is 6.31. The number of nitrogens with one attached hydrogen (secondary N) is 2. The summed E-state index contributed by atoms with van der Waals surface area (Å²) >= 11 is 6.25. The summed E-state index contributed by atoms with van der Waals surface area (Å²) in [4.78, 5) is 55.8. The van der Waals surface area contributed by atoms with E-state index in [1.807, 2.05) is 0 Å². The number of halogens is 1. The van der Waals surface area contributed by atoms with Gasteiger partial charge in [-0.3, -0.25) is 23.9 Å². The fraction of sp³-hybridized carbons (Fsp3) is 0.286. The van der Waals surface area contributed by atoms with E-state index in [9.17, 15) is 19.2 Å². The molecule has 2 aromatic heterocycles. The monoisotopic (exact) mass is 442 g/mol. The van der Waals surface area contributed by atoms with E-state index in [0.717, 1.165) is 12.8 Å². The van der Waals surface area contributed by atoms with Gasteiger partial charge in [-0.1, -0.05) is 29.8 Å². The minimum Gasteiger partial charge on any atom is -0.469 e. The maximum Gasteiger partial charge on any atom is 0.330 e. The molecule has 0 radical (unpaired) electrons. The molecule has 1 saturated carbocycles. The largest absolute Gasteiger partial charge is 0.469 e. The molecule has 1 aliphatic rings. The molecular weight excluding hydrogens is 424 g/mol. The topological polar surface area (TPSA) is 123 Å². The summed E-state index contributed by atoms with van der Waals surface area (Å²) in [6.45, 7) is 0. The normalized spacial score (nSPS) is 14.3. The first-order chi connectivity index (χ1) is 14.9. The third-order valence-corrected chi connectivity index (χ3v) is 5.48. The molecule has 9 nitrogen and oxygen atoms in total. The zero-order valence-electron chi connectivity index (χ0n) is 16.6. The van der Waals surface area contributed by atoms with Crippen LogP contribution < -0.4 is 16.6 Å². The number of nitrogens with zero attached hydrogens (tertiary/aromatic N) is 2. The van der Waals surface area contributed by atoms with Gasteiger partial charge in [-0.25, -0.2) is 9.78 Å². The molecule has 0 bridgehead atoms. The van der Waals surface area contributed by atoms with E-state index in [-0.39, 0.29) is 29.1 Å². The van der Waals surface area contributed by atoms with Crippen LogP contribution >= 0.6 is 11.6 Å². The Bertz CT molecular complexity index is 1290. The molecule has 10 heteroatoms. The van der Waals surface area contributed by atoms with Gasteiger partial charge in [-0.2, -0.15) is 0 Å². The highest BCUT2D eigenvalue weighted by Crippen LogP contribution is 2.34. The van der Waals surface area contributed by atoms with Crippen molar-refractivity contribution in [2.45, 2.75) is 31.3 Å². The number of rotatable bonds is 6. The number of hydrogen-bond donors (Lipinski definition) is 2. The van der Waals surface area contributed by atoms with Gasteiger partial charge >= 0.3 is 11.7 Å². The molecule has 0 saturated heterocycles. The van der Waals surface area contributed by atoms with Crippen molar-refractivity contribution in [1.82, 2.24) is 19.9 Å². The Morgan fingerprint density at radius 1 is 1.32 bits per heavy atom. The maximum absolute atomic E-state index is 12.9. The third kappa shape index (κ3) is 4.22. The number of aromatic nitrogens is 3. The van der Waals surface area contributed by atoms with Crippen LogP contribution in [0.15, 0.2) is 46.1 Å². The average Bonchev–Trinajstić information content (AvgIpc) is 3.58. The number of esters is 1. The molecule has 0 aliphatic heterocycles. The van der Waals surface area contributed by atoms with E-state index < -0.39 is 29.2 Å². The van der Waals surface area contributed by atoms with Crippen molar-refractivity contribution in [3.63, 3.8) is 0 Å². The molecular formula is C21H19ClN4O5. The first kappa shape index (κ1) is 20.8. The Balaban J connectivity index is 1.69. The van der Waals surface area contributed by atoms with E-state index in [4.69, 9.17) is 16.3 Å². The van der Waals surface area contributed by atoms with Gasteiger partial charge < -0.3 is 10.1 Å². The van der Waals surface area contributed by atoms with Gasteiger partial charge in [-0.15, -0.1) is 0 Å². The van der Waals surface area contributed by atoms with Crippen LogP contribution in [0.4, 0.5) is 0 Å². The van der Waals surface area contributed by atoms with Crippen molar-refractivity contribution >= 4 is 34.5 Å². The third-order valence-electron chi connectivity index (χ3n) is 5.14. The van der Waals surface area contributed by atoms with Crippen molar-refractivity contribution in [2.24, 2.45) is 0 Å². The predicted molar refractivity (Wildman–Crippen MR) is 113 cm³/mol. The standard InChI is InChI=1S/C21H19ClN4O5/c1-31-17(27)9-16(13-4-2-3-5-15(13)22)24-19(28)11-8-14-18(23-10-11)26(12-6-7-12)21(30)25-20(14)29/h2-5,8,10,12,16H,6-7,9H2,1H3,(H,24,28)(H,25,29,30). The van der Waals surface area contributed by atoms with Crippen LogP contribution in [-0.2, 0) is 9.53 Å². The number of methoxy groups -OCH3 is 1. The van der Waals surface area contributed by atoms with E-state index in [0.29, 0.717) is 10.6 Å². The molecule has 2 heterocycles. The number of ether oxygens (including phenoxy) is 1. The zero-order valence-corrected chi connectivity index (χ0v) is 17.3. The first-order valence-electron chi connectivity index (χ1n) is 9.65. The van der Waals surface area contributed by atoms with Crippen LogP contribution in [0.5, 0.6) is 0 Å². The number of amides is 1. The minimum atomic E-state index is -0.747. The lowest BCUT2D eigenvalue weighted by atomic mass is 10.0. The van der Waals surface area contributed by atoms with Crippen LogP contribution in [0.2, 0.25) is 5.02 Å². The molecule has 4 rings (SSSR count). The van der Waals surface area contributed by atoms with Crippen molar-refractivity contribution in [2.75, 3.05) is 7.11 Å². The van der Waals surface area contributed by atoms with Crippen LogP contribution in [0.25, 0.3) is 11.0 Å². The Labute approximate surface area is 181 Å². The van der Waals surface area contributed by atoms with Crippen LogP contribution in [0.3, 0.4) is 0 Å². The predicted octanol–water partition coefficient (Wildman–Crippen LogP) is 2.11. The van der Waals surface area contributed by atoms with Gasteiger partial charge in [0.05, 0.1) is 30.5 Å². The van der Waals surface area contributed by atoms with Crippen LogP contribution in [-0.4, -0.2) is 33.5 Å². The number of pyridine rings is 1. The van der Waals surface area contributed by atoms with Crippen molar-refractivity contribution in [1.29, 1.82) is 0 Å². The van der Waals surface area contributed by atoms with Gasteiger partial charge in [0.15, 0.2) is 0 Å². The van der Waals surface area contributed by atoms with E-state index in [1.54, 1.807) is 24.3 Å². The zero-order chi connectivity index (χ0) is 22.1. The number of carbonyl (C=O) groups is 2. The van der Waals surface area contributed by atoms with E-state index in [2.05, 4.69) is 15.3 Å². The lowest BCUT2D eigenvalue weighted by molar-refractivity contribution is -0.141. The molecule has 1 aromatic carbocycles. The van der Waals surface area contributed by atoms with Gasteiger partial charge in [0.1, 0.15) is 5.65 Å². The summed E-state index contributed by atoms with van der Waals surface area (Å²) in [5, 5.41) is 3.28. The van der Waals surface area contributed by atoms with Crippen LogP contribution in [0.1, 0.15) is 47.3 Å². The molecule has 1 atom stereocenters. The summed E-state index contributed by atoms with van der Waals surface area (Å²) in [5.41, 5.74) is -0.221. The van der Waals surface area contributed by atoms with Gasteiger partial charge in [0.25, 0.3) is 11.5 Å². The Morgan fingerprint density at radius 3 is 2.74 bits per heavy atom. The average molecular weight is 443 g/mol. The summed E-state index contributed by atoms with van der Waals surface area (Å²) in [5.74, 6) is -1.07. The summed E-state index contributed by atoms with van der Waals surface area (Å²) < 4.78 is 6.18. The summed E-state index contributed by atoms with van der Waals surface area (Å²) in [6, 6.07) is 7.48. The fourth-order valence-corrected chi connectivity index (χ4v) is 3.69.